The Morgan fingerprint density at radius 3 is 1.67 bits per heavy atom. The molecule has 0 bridgehead atoms. The van der Waals surface area contributed by atoms with Crippen molar-refractivity contribution in [2.24, 2.45) is 10.8 Å². The number of hydrogen-bond donors (Lipinski definition) is 0. The highest BCUT2D eigenvalue weighted by atomic mass is 35.5. The molecule has 0 aromatic rings. The minimum Gasteiger partial charge on any atom is -0.299 e. The minimum atomic E-state index is -0.836. The van der Waals surface area contributed by atoms with Crippen molar-refractivity contribution in [1.82, 2.24) is 0 Å². The molecular weight excluding hydrogens is 195 g/mol. The highest BCUT2D eigenvalue weighted by molar-refractivity contribution is 6.53. The van der Waals surface area contributed by atoms with E-state index in [1.807, 2.05) is 20.8 Å². The molecule has 1 aliphatic rings. The first-order chi connectivity index (χ1) is 5.15. The predicted octanol–water partition coefficient (Wildman–Crippen LogP) is 3.19. The summed E-state index contributed by atoms with van der Waals surface area (Å²) in [6.45, 7) is 7.57. The van der Waals surface area contributed by atoms with E-state index in [-0.39, 0.29) is 11.2 Å². The highest BCUT2D eigenvalue weighted by Gasteiger charge is 2.74. The van der Waals surface area contributed by atoms with Crippen molar-refractivity contribution in [3.8, 4) is 0 Å². The Morgan fingerprint density at radius 1 is 1.33 bits per heavy atom. The lowest BCUT2D eigenvalue weighted by atomic mass is 9.75. The molecule has 0 amide bonds. The third-order valence-corrected chi connectivity index (χ3v) is 3.78. The van der Waals surface area contributed by atoms with E-state index in [4.69, 9.17) is 23.2 Å². The zero-order valence-electron chi connectivity index (χ0n) is 7.87. The van der Waals surface area contributed by atoms with Gasteiger partial charge in [-0.15, -0.1) is 23.2 Å². The largest absolute Gasteiger partial charge is 0.299 e. The lowest BCUT2D eigenvalue weighted by Gasteiger charge is -2.30. The van der Waals surface area contributed by atoms with Gasteiger partial charge in [-0.3, -0.25) is 4.79 Å². The number of hydrogen-bond acceptors (Lipinski definition) is 1. The molecule has 0 aromatic carbocycles. The second-order valence-corrected chi connectivity index (χ2v) is 6.08. The van der Waals surface area contributed by atoms with Crippen LogP contribution in [0.1, 0.15) is 34.1 Å². The van der Waals surface area contributed by atoms with Crippen LogP contribution in [0.5, 0.6) is 0 Å². The number of alkyl halides is 2. The first-order valence-electron chi connectivity index (χ1n) is 4.04. The van der Waals surface area contributed by atoms with Crippen LogP contribution in [0.15, 0.2) is 0 Å². The predicted molar refractivity (Wildman–Crippen MR) is 51.6 cm³/mol. The van der Waals surface area contributed by atoms with Crippen molar-refractivity contribution in [1.29, 1.82) is 0 Å². The fraction of sp³-hybridized carbons (Fsp3) is 0.889. The Morgan fingerprint density at radius 2 is 1.67 bits per heavy atom. The number of Topliss-reactive ketones (excluding diaryl/α,β-unsaturated/α-hetero) is 1. The Balaban J connectivity index is 3.03. The molecule has 0 N–H and O–H groups in total. The molecule has 0 aromatic heterocycles. The van der Waals surface area contributed by atoms with E-state index in [1.54, 1.807) is 6.92 Å². The number of rotatable bonds is 1. The molecule has 1 rings (SSSR count). The van der Waals surface area contributed by atoms with Crippen LogP contribution < -0.4 is 0 Å². The van der Waals surface area contributed by atoms with Crippen LogP contribution in [0, 0.1) is 10.8 Å². The van der Waals surface area contributed by atoms with E-state index >= 15 is 0 Å². The monoisotopic (exact) mass is 208 g/mol. The molecule has 1 atom stereocenters. The van der Waals surface area contributed by atoms with Crippen LogP contribution >= 0.6 is 23.2 Å². The summed E-state index contributed by atoms with van der Waals surface area (Å²) < 4.78 is -0.836. The number of carbonyl (C=O) groups excluding carboxylic acids is 1. The standard InChI is InChI=1S/C9H14Cl2O/c1-6(12)8(7(2,3)4)5-9(8,10)11/h5H2,1-4H3. The maximum Gasteiger partial charge on any atom is 0.139 e. The first kappa shape index (κ1) is 10.3. The quantitative estimate of drug-likeness (QED) is 0.606. The average molecular weight is 209 g/mol. The Labute approximate surface area is 83.4 Å². The summed E-state index contributed by atoms with van der Waals surface area (Å²) in [5.41, 5.74) is -0.675. The molecule has 12 heavy (non-hydrogen) atoms. The summed E-state index contributed by atoms with van der Waals surface area (Å²) >= 11 is 12.0. The topological polar surface area (TPSA) is 17.1 Å². The molecule has 0 spiro atoms. The van der Waals surface area contributed by atoms with Crippen molar-refractivity contribution in [2.45, 2.75) is 38.4 Å². The van der Waals surface area contributed by atoms with Gasteiger partial charge in [0.15, 0.2) is 0 Å². The molecule has 3 heteroatoms. The van der Waals surface area contributed by atoms with Gasteiger partial charge in [0.25, 0.3) is 0 Å². The normalized spacial score (nSPS) is 33.2. The fourth-order valence-electron chi connectivity index (χ4n) is 2.01. The average Bonchev–Trinajstić information content (AvgIpc) is 2.33. The van der Waals surface area contributed by atoms with E-state index in [0.29, 0.717) is 6.42 Å². The van der Waals surface area contributed by atoms with Crippen LogP contribution in [0.3, 0.4) is 0 Å². The van der Waals surface area contributed by atoms with Gasteiger partial charge in [0.2, 0.25) is 0 Å². The zero-order chi connectivity index (χ0) is 9.78. The summed E-state index contributed by atoms with van der Waals surface area (Å²) in [5.74, 6) is 0.0972. The summed E-state index contributed by atoms with van der Waals surface area (Å²) in [5, 5.41) is 0. The van der Waals surface area contributed by atoms with Crippen LogP contribution in [-0.4, -0.2) is 10.1 Å². The van der Waals surface area contributed by atoms with Gasteiger partial charge in [0.1, 0.15) is 10.1 Å². The van der Waals surface area contributed by atoms with Gasteiger partial charge in [-0.2, -0.15) is 0 Å². The number of carbonyl (C=O) groups is 1. The summed E-state index contributed by atoms with van der Waals surface area (Å²) in [6, 6.07) is 0. The van der Waals surface area contributed by atoms with Crippen LogP contribution in [0.25, 0.3) is 0 Å². The van der Waals surface area contributed by atoms with Gasteiger partial charge in [-0.05, 0) is 18.8 Å². The van der Waals surface area contributed by atoms with E-state index in [2.05, 4.69) is 0 Å². The second-order valence-electron chi connectivity index (χ2n) is 4.59. The number of halogens is 2. The molecular formula is C9H14Cl2O. The third-order valence-electron chi connectivity index (χ3n) is 2.87. The van der Waals surface area contributed by atoms with E-state index < -0.39 is 9.75 Å². The van der Waals surface area contributed by atoms with Crippen molar-refractivity contribution in [3.63, 3.8) is 0 Å². The molecule has 1 nitrogen and oxygen atoms in total. The highest BCUT2D eigenvalue weighted by Crippen LogP contribution is 2.71. The third kappa shape index (κ3) is 1.10. The molecule has 0 radical (unpaired) electrons. The van der Waals surface area contributed by atoms with Gasteiger partial charge < -0.3 is 0 Å². The Hall–Kier alpha value is 0.250. The van der Waals surface area contributed by atoms with Gasteiger partial charge in [0, 0.05) is 0 Å². The van der Waals surface area contributed by atoms with Gasteiger partial charge in [-0.25, -0.2) is 0 Å². The number of ketones is 1. The second kappa shape index (κ2) is 2.39. The van der Waals surface area contributed by atoms with Gasteiger partial charge in [0.05, 0.1) is 5.41 Å². The molecule has 1 aliphatic carbocycles. The summed E-state index contributed by atoms with van der Waals surface area (Å²) in [4.78, 5) is 11.4. The van der Waals surface area contributed by atoms with Crippen molar-refractivity contribution in [3.05, 3.63) is 0 Å². The van der Waals surface area contributed by atoms with E-state index in [9.17, 15) is 4.79 Å². The van der Waals surface area contributed by atoms with Crippen LogP contribution in [-0.2, 0) is 4.79 Å². The SMILES string of the molecule is CC(=O)C1(C(C)(C)C)CC1(Cl)Cl. The zero-order valence-corrected chi connectivity index (χ0v) is 9.38. The summed E-state index contributed by atoms with van der Waals surface area (Å²) in [7, 11) is 0. The van der Waals surface area contributed by atoms with Crippen LogP contribution in [0.2, 0.25) is 0 Å². The summed E-state index contributed by atoms with van der Waals surface area (Å²) in [6.07, 6.45) is 0.585. The molecule has 0 heterocycles. The lowest BCUT2D eigenvalue weighted by Crippen LogP contribution is -2.33. The molecule has 70 valence electrons. The maximum atomic E-state index is 11.4. The van der Waals surface area contributed by atoms with Crippen molar-refractivity contribution in [2.75, 3.05) is 0 Å². The maximum absolute atomic E-state index is 11.4. The molecule has 0 saturated heterocycles. The lowest BCUT2D eigenvalue weighted by molar-refractivity contribution is -0.125. The van der Waals surface area contributed by atoms with Crippen molar-refractivity contribution < 1.29 is 4.79 Å². The molecule has 1 unspecified atom stereocenters. The minimum absolute atomic E-state index is 0.0972. The fourth-order valence-corrected chi connectivity index (χ4v) is 3.25. The molecule has 1 saturated carbocycles. The van der Waals surface area contributed by atoms with Gasteiger partial charge in [-0.1, -0.05) is 20.8 Å². The first-order valence-corrected chi connectivity index (χ1v) is 4.80. The molecule has 0 aliphatic heterocycles. The van der Waals surface area contributed by atoms with Crippen LogP contribution in [0.4, 0.5) is 0 Å². The van der Waals surface area contributed by atoms with Gasteiger partial charge >= 0.3 is 0 Å². The Bertz CT molecular complexity index is 227. The van der Waals surface area contributed by atoms with Crippen molar-refractivity contribution >= 4 is 29.0 Å². The molecule has 1 fully saturated rings. The smallest absolute Gasteiger partial charge is 0.139 e. The Kier molecular flexibility index (Phi) is 2.06. The van der Waals surface area contributed by atoms with E-state index in [0.717, 1.165) is 0 Å². The van der Waals surface area contributed by atoms with E-state index in [1.165, 1.54) is 0 Å².